The molecular weight excluding hydrogens is 496 g/mol. The number of amides is 2. The van der Waals surface area contributed by atoms with E-state index in [0.717, 1.165) is 34.7 Å². The average Bonchev–Trinajstić information content (AvgIpc) is 2.98. The highest BCUT2D eigenvalue weighted by atomic mass is 16.5. The average molecular weight is 539 g/mol. The summed E-state index contributed by atoms with van der Waals surface area (Å²) in [6, 6.07) is 29.5. The first-order valence-corrected chi connectivity index (χ1v) is 14.1. The zero-order chi connectivity index (χ0) is 27.7. The van der Waals surface area contributed by atoms with E-state index in [4.69, 9.17) is 4.74 Å². The molecule has 0 spiro atoms. The lowest BCUT2D eigenvalue weighted by Crippen LogP contribution is -2.42. The molecule has 1 aliphatic rings. The first-order chi connectivity index (χ1) is 19.5. The van der Waals surface area contributed by atoms with Crippen molar-refractivity contribution in [3.05, 3.63) is 114 Å². The van der Waals surface area contributed by atoms with E-state index in [1.807, 2.05) is 48.5 Å². The molecule has 2 atom stereocenters. The van der Waals surface area contributed by atoms with Crippen molar-refractivity contribution in [3.63, 3.8) is 0 Å². The minimum atomic E-state index is -0.256. The van der Waals surface area contributed by atoms with Gasteiger partial charge in [-0.05, 0) is 79.3 Å². The molecule has 4 aromatic rings. The quantitative estimate of drug-likeness (QED) is 0.227. The maximum absolute atomic E-state index is 12.3. The number of hydrogen-bond acceptors (Lipinski definition) is 4. The van der Waals surface area contributed by atoms with E-state index in [-0.39, 0.29) is 8.88 Å². The number of likely N-dealkylation sites (tertiary alicyclic amines) is 1. The summed E-state index contributed by atoms with van der Waals surface area (Å²) in [6.45, 7) is 6.53. The van der Waals surface area contributed by atoms with Crippen LogP contribution >= 0.6 is 0 Å². The van der Waals surface area contributed by atoms with Crippen LogP contribution in [0, 0.1) is 0 Å². The summed E-state index contributed by atoms with van der Waals surface area (Å²) < 4.78 is 6.29. The normalized spacial score (nSPS) is 17.2. The molecule has 1 fully saturated rings. The Balaban J connectivity index is 0.00000242. The summed E-state index contributed by atoms with van der Waals surface area (Å²) in [4.78, 5) is 18.9. The maximum Gasteiger partial charge on any atom is 0.319 e. The van der Waals surface area contributed by atoms with Crippen LogP contribution in [0.2, 0.25) is 0 Å². The Morgan fingerprint density at radius 1 is 0.925 bits per heavy atom. The van der Waals surface area contributed by atoms with E-state index < -0.39 is 0 Å². The van der Waals surface area contributed by atoms with Crippen molar-refractivity contribution in [2.75, 3.05) is 5.32 Å². The zero-order valence-corrected chi connectivity index (χ0v) is 23.3. The van der Waals surface area contributed by atoms with Gasteiger partial charge < -0.3 is 15.4 Å². The molecule has 6 heteroatoms. The minimum Gasteiger partial charge on any atom is -0.488 e. The number of urea groups is 1. The van der Waals surface area contributed by atoms with Crippen LogP contribution < -0.4 is 15.4 Å². The Morgan fingerprint density at radius 2 is 1.70 bits per heavy atom. The number of anilines is 1. The van der Waals surface area contributed by atoms with Crippen molar-refractivity contribution in [2.45, 2.75) is 64.9 Å². The molecule has 1 aliphatic heterocycles. The third-order valence-corrected chi connectivity index (χ3v) is 7.65. The largest absolute Gasteiger partial charge is 0.488 e. The van der Waals surface area contributed by atoms with Crippen molar-refractivity contribution in [1.82, 2.24) is 15.2 Å². The van der Waals surface area contributed by atoms with Crippen molar-refractivity contribution in [2.24, 2.45) is 0 Å². The Morgan fingerprint density at radius 3 is 2.48 bits per heavy atom. The maximum atomic E-state index is 12.3. The van der Waals surface area contributed by atoms with Crippen molar-refractivity contribution in [3.8, 4) is 16.9 Å². The summed E-state index contributed by atoms with van der Waals surface area (Å²) in [7, 11) is 0. The van der Waals surface area contributed by atoms with Gasteiger partial charge in [-0.2, -0.15) is 0 Å². The number of piperidine rings is 1. The van der Waals surface area contributed by atoms with Crippen LogP contribution in [0.4, 0.5) is 10.5 Å². The van der Waals surface area contributed by atoms with Gasteiger partial charge in [0.25, 0.3) is 0 Å². The van der Waals surface area contributed by atoms with E-state index in [1.165, 1.54) is 30.4 Å². The van der Waals surface area contributed by atoms with Gasteiger partial charge in [0.05, 0.1) is 0 Å². The molecule has 6 nitrogen and oxygen atoms in total. The van der Waals surface area contributed by atoms with Gasteiger partial charge >= 0.3 is 6.03 Å². The van der Waals surface area contributed by atoms with Gasteiger partial charge in [-0.15, -0.1) is 0 Å². The molecule has 2 heterocycles. The lowest BCUT2D eigenvalue weighted by atomic mass is 9.96. The fraction of sp³-hybridized carbons (Fsp3) is 0.294. The molecule has 3 aromatic carbocycles. The number of hydrogen-bond donors (Lipinski definition) is 2. The highest BCUT2D eigenvalue weighted by Crippen LogP contribution is 2.32. The minimum absolute atomic E-state index is 0. The SMILES string of the molecule is C[C@@H]1CCC[C@H](C)N1Cc1cccc(-c2ccccc2OCc2ccc(NC(=O)NCc3cccnc3)cc2)c1.[HH].[HH]. The molecule has 0 bridgehead atoms. The Bertz CT molecular complexity index is 1390. The molecule has 0 aliphatic carbocycles. The summed E-state index contributed by atoms with van der Waals surface area (Å²) in [5, 5.41) is 5.71. The first-order valence-electron chi connectivity index (χ1n) is 14.1. The lowest BCUT2D eigenvalue weighted by Gasteiger charge is -2.39. The Kier molecular flexibility index (Phi) is 9.09. The van der Waals surface area contributed by atoms with Crippen LogP contribution in [-0.2, 0) is 19.7 Å². The second-order valence-corrected chi connectivity index (χ2v) is 10.7. The summed E-state index contributed by atoms with van der Waals surface area (Å²) in [6.07, 6.45) is 7.32. The Hall–Kier alpha value is -4.16. The van der Waals surface area contributed by atoms with E-state index >= 15 is 0 Å². The zero-order valence-electron chi connectivity index (χ0n) is 23.3. The van der Waals surface area contributed by atoms with Crippen molar-refractivity contribution >= 4 is 11.7 Å². The van der Waals surface area contributed by atoms with E-state index in [1.54, 1.807) is 12.4 Å². The van der Waals surface area contributed by atoms with Crippen LogP contribution in [0.15, 0.2) is 97.3 Å². The van der Waals surface area contributed by atoms with Crippen LogP contribution in [0.5, 0.6) is 5.75 Å². The third-order valence-electron chi connectivity index (χ3n) is 7.65. The molecule has 40 heavy (non-hydrogen) atoms. The predicted octanol–water partition coefficient (Wildman–Crippen LogP) is 7.90. The fourth-order valence-electron chi connectivity index (χ4n) is 5.37. The van der Waals surface area contributed by atoms with E-state index in [0.29, 0.717) is 25.2 Å². The number of para-hydroxylation sites is 1. The molecule has 1 saturated heterocycles. The Labute approximate surface area is 240 Å². The number of pyridine rings is 1. The molecule has 0 saturated carbocycles. The molecule has 5 rings (SSSR count). The topological polar surface area (TPSA) is 66.5 Å². The first kappa shape index (κ1) is 27.4. The molecule has 0 unspecified atom stereocenters. The number of benzene rings is 3. The summed E-state index contributed by atoms with van der Waals surface area (Å²) in [5.41, 5.74) is 6.29. The van der Waals surface area contributed by atoms with Gasteiger partial charge in [-0.3, -0.25) is 9.88 Å². The number of nitrogens with one attached hydrogen (secondary N) is 2. The van der Waals surface area contributed by atoms with Crippen LogP contribution in [0.25, 0.3) is 11.1 Å². The standard InChI is InChI=1S/C34H38N4O2.2H2/c1-25-8-5-9-26(2)38(25)23-28-10-6-12-30(20-28)32-13-3-4-14-33(32)40-24-27-15-17-31(18-16-27)37-34(39)36-22-29-11-7-19-35-21-29;;/h3-4,6-7,10-21,25-26H,5,8-9,22-24H2,1-2H3,(H2,36,37,39);2*1H/t25-,26+;;. The monoisotopic (exact) mass is 538 g/mol. The van der Waals surface area contributed by atoms with Crippen LogP contribution in [0.1, 0.15) is 52.7 Å². The third kappa shape index (κ3) is 7.27. The van der Waals surface area contributed by atoms with Gasteiger partial charge in [0.15, 0.2) is 0 Å². The lowest BCUT2D eigenvalue weighted by molar-refractivity contribution is 0.0953. The predicted molar refractivity (Wildman–Crippen MR) is 165 cm³/mol. The summed E-state index contributed by atoms with van der Waals surface area (Å²) in [5.74, 6) is 0.858. The molecular formula is C34H42N4O2. The molecule has 2 N–H and O–H groups in total. The van der Waals surface area contributed by atoms with Crippen molar-refractivity contribution in [1.29, 1.82) is 0 Å². The van der Waals surface area contributed by atoms with Gasteiger partial charge in [-0.1, -0.05) is 61.0 Å². The molecule has 1 aromatic heterocycles. The number of aromatic nitrogens is 1. The highest BCUT2D eigenvalue weighted by molar-refractivity contribution is 5.89. The number of ether oxygens (including phenoxy) is 1. The van der Waals surface area contributed by atoms with Crippen LogP contribution in [-0.4, -0.2) is 28.0 Å². The number of rotatable bonds is 9. The van der Waals surface area contributed by atoms with Crippen LogP contribution in [0.3, 0.4) is 0 Å². The van der Waals surface area contributed by atoms with Gasteiger partial charge in [0.1, 0.15) is 12.4 Å². The number of carbonyl (C=O) groups excluding carboxylic acids is 1. The van der Waals surface area contributed by atoms with E-state index in [2.05, 4.69) is 70.8 Å². The van der Waals surface area contributed by atoms with Gasteiger partial charge in [0.2, 0.25) is 0 Å². The molecule has 2 amide bonds. The highest BCUT2D eigenvalue weighted by Gasteiger charge is 2.24. The fourth-order valence-corrected chi connectivity index (χ4v) is 5.37. The van der Waals surface area contributed by atoms with Crippen molar-refractivity contribution < 1.29 is 12.4 Å². The number of nitrogens with zero attached hydrogens (tertiary/aromatic N) is 2. The number of carbonyl (C=O) groups is 1. The second-order valence-electron chi connectivity index (χ2n) is 10.7. The van der Waals surface area contributed by atoms with Gasteiger partial charge in [-0.25, -0.2) is 4.79 Å². The summed E-state index contributed by atoms with van der Waals surface area (Å²) >= 11 is 0. The van der Waals surface area contributed by atoms with Gasteiger partial charge in [0, 0.05) is 51.7 Å². The van der Waals surface area contributed by atoms with E-state index in [9.17, 15) is 4.79 Å². The molecule has 210 valence electrons. The smallest absolute Gasteiger partial charge is 0.319 e. The molecule has 0 radical (unpaired) electrons. The second kappa shape index (κ2) is 13.3.